The van der Waals surface area contributed by atoms with E-state index in [1.165, 1.54) is 12.8 Å². The van der Waals surface area contributed by atoms with E-state index in [0.717, 1.165) is 31.0 Å². The molecular formula is C16H26N4O. The highest BCUT2D eigenvalue weighted by Crippen LogP contribution is 2.20. The lowest BCUT2D eigenvalue weighted by Crippen LogP contribution is -2.30. The van der Waals surface area contributed by atoms with Crippen molar-refractivity contribution in [1.29, 1.82) is 0 Å². The van der Waals surface area contributed by atoms with Gasteiger partial charge in [0.2, 0.25) is 5.91 Å². The fourth-order valence-corrected chi connectivity index (χ4v) is 2.72. The first-order chi connectivity index (χ1) is 10.1. The fourth-order valence-electron chi connectivity index (χ4n) is 2.72. The molecule has 1 atom stereocenters. The first kappa shape index (κ1) is 15.8. The van der Waals surface area contributed by atoms with E-state index in [1.54, 1.807) is 6.20 Å². The second-order valence-electron chi connectivity index (χ2n) is 6.15. The van der Waals surface area contributed by atoms with Gasteiger partial charge in [0.25, 0.3) is 0 Å². The number of anilines is 2. The number of nitrogens with two attached hydrogens (primary N) is 1. The lowest BCUT2D eigenvalue weighted by molar-refractivity contribution is -0.120. The molecule has 1 aromatic rings. The summed E-state index contributed by atoms with van der Waals surface area (Å²) in [5, 5.41) is 2.92. The Morgan fingerprint density at radius 3 is 2.62 bits per heavy atom. The third-order valence-electron chi connectivity index (χ3n) is 3.86. The zero-order valence-corrected chi connectivity index (χ0v) is 13.0. The third kappa shape index (κ3) is 4.43. The van der Waals surface area contributed by atoms with Gasteiger partial charge in [-0.05, 0) is 37.3 Å². The van der Waals surface area contributed by atoms with Crippen molar-refractivity contribution in [3.63, 3.8) is 0 Å². The maximum atomic E-state index is 12.2. The molecular weight excluding hydrogens is 264 g/mol. The molecule has 116 valence electrons. The molecule has 1 fully saturated rings. The van der Waals surface area contributed by atoms with Crippen molar-refractivity contribution in [2.24, 2.45) is 17.6 Å². The van der Waals surface area contributed by atoms with Crippen LogP contribution in [0.4, 0.5) is 11.5 Å². The zero-order valence-electron chi connectivity index (χ0n) is 13.0. The minimum Gasteiger partial charge on any atom is -0.357 e. The van der Waals surface area contributed by atoms with Crippen LogP contribution in [0.5, 0.6) is 0 Å². The monoisotopic (exact) mass is 290 g/mol. The quantitative estimate of drug-likeness (QED) is 0.843. The van der Waals surface area contributed by atoms with E-state index in [2.05, 4.69) is 29.0 Å². The van der Waals surface area contributed by atoms with Crippen molar-refractivity contribution < 1.29 is 4.79 Å². The van der Waals surface area contributed by atoms with E-state index < -0.39 is 0 Å². The number of pyridine rings is 1. The number of rotatable bonds is 6. The van der Waals surface area contributed by atoms with Crippen LogP contribution in [-0.2, 0) is 4.79 Å². The Kier molecular flexibility index (Phi) is 5.56. The molecule has 0 saturated carbocycles. The summed E-state index contributed by atoms with van der Waals surface area (Å²) in [7, 11) is 0. The van der Waals surface area contributed by atoms with Crippen molar-refractivity contribution in [1.82, 2.24) is 4.98 Å². The molecule has 0 aromatic carbocycles. The summed E-state index contributed by atoms with van der Waals surface area (Å²) in [6, 6.07) is 3.89. The minimum absolute atomic E-state index is 0.0121. The molecule has 21 heavy (non-hydrogen) atoms. The molecule has 0 bridgehead atoms. The fraction of sp³-hybridized carbons (Fsp3) is 0.625. The summed E-state index contributed by atoms with van der Waals surface area (Å²) in [6.45, 7) is 6.72. The van der Waals surface area contributed by atoms with Gasteiger partial charge in [-0.25, -0.2) is 4.98 Å². The topological polar surface area (TPSA) is 71.2 Å². The molecule has 1 saturated heterocycles. The molecule has 2 heterocycles. The van der Waals surface area contributed by atoms with Gasteiger partial charge in [-0.15, -0.1) is 0 Å². The number of hydrogen-bond donors (Lipinski definition) is 2. The van der Waals surface area contributed by atoms with Gasteiger partial charge in [0.05, 0.1) is 17.8 Å². The number of carbonyl (C=O) groups excluding carboxylic acids is 1. The molecule has 5 heteroatoms. The van der Waals surface area contributed by atoms with Crippen molar-refractivity contribution in [2.45, 2.75) is 33.1 Å². The number of hydrogen-bond acceptors (Lipinski definition) is 4. The Balaban J connectivity index is 1.94. The maximum Gasteiger partial charge on any atom is 0.228 e. The van der Waals surface area contributed by atoms with E-state index in [-0.39, 0.29) is 11.8 Å². The van der Waals surface area contributed by atoms with Gasteiger partial charge < -0.3 is 16.0 Å². The molecule has 1 aromatic heterocycles. The molecule has 0 spiro atoms. The average Bonchev–Trinajstić information content (AvgIpc) is 2.99. The number of nitrogens with zero attached hydrogens (tertiary/aromatic N) is 2. The SMILES string of the molecule is CC(C)CC(CN)C(=O)Nc1ccc(N2CCCC2)nc1. The van der Waals surface area contributed by atoms with Gasteiger partial charge in [-0.1, -0.05) is 13.8 Å². The molecule has 1 aliphatic rings. The van der Waals surface area contributed by atoms with Crippen molar-refractivity contribution >= 4 is 17.4 Å². The summed E-state index contributed by atoms with van der Waals surface area (Å²) in [6.07, 6.45) is 5.00. The highest BCUT2D eigenvalue weighted by Gasteiger charge is 2.19. The van der Waals surface area contributed by atoms with Crippen LogP contribution >= 0.6 is 0 Å². The minimum atomic E-state index is -0.136. The number of amides is 1. The van der Waals surface area contributed by atoms with Crippen LogP contribution in [-0.4, -0.2) is 30.5 Å². The van der Waals surface area contributed by atoms with Crippen molar-refractivity contribution in [3.05, 3.63) is 18.3 Å². The molecule has 1 amide bonds. The van der Waals surface area contributed by atoms with Gasteiger partial charge in [0, 0.05) is 19.6 Å². The Morgan fingerprint density at radius 2 is 2.10 bits per heavy atom. The molecule has 3 N–H and O–H groups in total. The summed E-state index contributed by atoms with van der Waals surface area (Å²) in [5.74, 6) is 1.30. The Labute approximate surface area is 126 Å². The van der Waals surface area contributed by atoms with Crippen LogP contribution < -0.4 is 16.0 Å². The second kappa shape index (κ2) is 7.41. The average molecular weight is 290 g/mol. The predicted octanol–water partition coefficient (Wildman–Crippen LogP) is 2.24. The molecule has 2 rings (SSSR count). The first-order valence-corrected chi connectivity index (χ1v) is 7.82. The van der Waals surface area contributed by atoms with Crippen LogP contribution in [0.15, 0.2) is 18.3 Å². The molecule has 0 aliphatic carbocycles. The first-order valence-electron chi connectivity index (χ1n) is 7.82. The predicted molar refractivity (Wildman–Crippen MR) is 86.3 cm³/mol. The van der Waals surface area contributed by atoms with E-state index in [9.17, 15) is 4.79 Å². The summed E-state index contributed by atoms with van der Waals surface area (Å²) in [4.78, 5) is 18.9. The smallest absolute Gasteiger partial charge is 0.228 e. The van der Waals surface area contributed by atoms with Crippen molar-refractivity contribution in [2.75, 3.05) is 29.9 Å². The van der Waals surface area contributed by atoms with Crippen LogP contribution in [0.1, 0.15) is 33.1 Å². The second-order valence-corrected chi connectivity index (χ2v) is 6.15. The molecule has 1 unspecified atom stereocenters. The van der Waals surface area contributed by atoms with Crippen LogP contribution in [0.2, 0.25) is 0 Å². The van der Waals surface area contributed by atoms with Crippen molar-refractivity contribution in [3.8, 4) is 0 Å². The Morgan fingerprint density at radius 1 is 1.38 bits per heavy atom. The van der Waals surface area contributed by atoms with E-state index in [0.29, 0.717) is 12.5 Å². The lowest BCUT2D eigenvalue weighted by Gasteiger charge is -2.18. The lowest BCUT2D eigenvalue weighted by atomic mass is 9.96. The summed E-state index contributed by atoms with van der Waals surface area (Å²) < 4.78 is 0. The number of aromatic nitrogens is 1. The largest absolute Gasteiger partial charge is 0.357 e. The number of nitrogens with one attached hydrogen (secondary N) is 1. The maximum absolute atomic E-state index is 12.2. The van der Waals surface area contributed by atoms with Gasteiger partial charge in [-0.2, -0.15) is 0 Å². The Hall–Kier alpha value is -1.62. The van der Waals surface area contributed by atoms with E-state index in [4.69, 9.17) is 5.73 Å². The summed E-state index contributed by atoms with van der Waals surface area (Å²) >= 11 is 0. The van der Waals surface area contributed by atoms with Crippen LogP contribution in [0.25, 0.3) is 0 Å². The van der Waals surface area contributed by atoms with Gasteiger partial charge in [-0.3, -0.25) is 4.79 Å². The summed E-state index contributed by atoms with van der Waals surface area (Å²) in [5.41, 5.74) is 6.44. The van der Waals surface area contributed by atoms with E-state index in [1.807, 2.05) is 12.1 Å². The Bertz CT molecular complexity index is 452. The zero-order chi connectivity index (χ0) is 15.2. The highest BCUT2D eigenvalue weighted by atomic mass is 16.1. The van der Waals surface area contributed by atoms with Gasteiger partial charge in [0.15, 0.2) is 0 Å². The molecule has 5 nitrogen and oxygen atoms in total. The normalized spacial score (nSPS) is 16.3. The van der Waals surface area contributed by atoms with Crippen LogP contribution in [0, 0.1) is 11.8 Å². The van der Waals surface area contributed by atoms with E-state index >= 15 is 0 Å². The highest BCUT2D eigenvalue weighted by molar-refractivity contribution is 5.92. The van der Waals surface area contributed by atoms with Gasteiger partial charge >= 0.3 is 0 Å². The molecule has 1 aliphatic heterocycles. The number of carbonyl (C=O) groups is 1. The third-order valence-corrected chi connectivity index (χ3v) is 3.86. The standard InChI is InChI=1S/C16H26N4O/c1-12(2)9-13(10-17)16(21)19-14-5-6-15(18-11-14)20-7-3-4-8-20/h5-6,11-13H,3-4,7-10,17H2,1-2H3,(H,19,21). The molecule has 0 radical (unpaired) electrons. The van der Waals surface area contributed by atoms with Gasteiger partial charge in [0.1, 0.15) is 5.82 Å². The van der Waals surface area contributed by atoms with Crippen LogP contribution in [0.3, 0.4) is 0 Å².